The van der Waals surface area contributed by atoms with Crippen molar-refractivity contribution < 1.29 is 18.0 Å². The summed E-state index contributed by atoms with van der Waals surface area (Å²) >= 11 is 1.62. The zero-order valence-electron chi connectivity index (χ0n) is 12.5. The third-order valence-electron chi connectivity index (χ3n) is 3.20. The van der Waals surface area contributed by atoms with Crippen molar-refractivity contribution in [1.82, 2.24) is 10.6 Å². The second kappa shape index (κ2) is 7.50. The number of hydrogen-bond acceptors (Lipinski definition) is 2. The maximum Gasteiger partial charge on any atom is 0.416 e. The van der Waals surface area contributed by atoms with Crippen molar-refractivity contribution in [2.75, 3.05) is 6.54 Å². The first-order valence-corrected chi connectivity index (χ1v) is 7.89. The van der Waals surface area contributed by atoms with Crippen LogP contribution in [0.3, 0.4) is 0 Å². The summed E-state index contributed by atoms with van der Waals surface area (Å²) in [5.74, 6) is 0. The van der Waals surface area contributed by atoms with E-state index in [9.17, 15) is 18.0 Å². The Morgan fingerprint density at radius 2 is 1.78 bits per heavy atom. The van der Waals surface area contributed by atoms with Crippen molar-refractivity contribution in [3.8, 4) is 0 Å². The second-order valence-corrected chi connectivity index (χ2v) is 6.44. The SMILES string of the molecule is Cc1ccc(CNC(=O)NCCc2ccc(C(F)(F)F)cc2)s1. The van der Waals surface area contributed by atoms with Crippen molar-refractivity contribution in [2.45, 2.75) is 26.1 Å². The van der Waals surface area contributed by atoms with Crippen LogP contribution in [0.5, 0.6) is 0 Å². The van der Waals surface area contributed by atoms with Crippen molar-refractivity contribution in [3.63, 3.8) is 0 Å². The van der Waals surface area contributed by atoms with Gasteiger partial charge in [-0.05, 0) is 43.2 Å². The molecule has 2 aromatic rings. The standard InChI is InChI=1S/C16H17F3N2OS/c1-11-2-7-14(23-11)10-21-15(22)20-9-8-12-3-5-13(6-4-12)16(17,18)19/h2-7H,8-10H2,1H3,(H2,20,21,22). The van der Waals surface area contributed by atoms with Gasteiger partial charge in [0.25, 0.3) is 0 Å². The number of halogens is 3. The molecule has 2 rings (SSSR count). The van der Waals surface area contributed by atoms with E-state index < -0.39 is 11.7 Å². The summed E-state index contributed by atoms with van der Waals surface area (Å²) in [5.41, 5.74) is 0.0744. The largest absolute Gasteiger partial charge is 0.416 e. The molecular formula is C16H17F3N2OS. The van der Waals surface area contributed by atoms with Crippen LogP contribution in [-0.2, 0) is 19.1 Å². The highest BCUT2D eigenvalue weighted by molar-refractivity contribution is 7.11. The maximum absolute atomic E-state index is 12.4. The number of nitrogens with one attached hydrogen (secondary N) is 2. The summed E-state index contributed by atoms with van der Waals surface area (Å²) in [6.07, 6.45) is -3.85. The normalized spacial score (nSPS) is 11.3. The number of hydrogen-bond donors (Lipinski definition) is 2. The number of carbonyl (C=O) groups is 1. The lowest BCUT2D eigenvalue weighted by Gasteiger charge is -2.09. The Bertz CT molecular complexity index is 650. The molecule has 1 aromatic heterocycles. The summed E-state index contributed by atoms with van der Waals surface area (Å²) in [5, 5.41) is 5.42. The summed E-state index contributed by atoms with van der Waals surface area (Å²) in [7, 11) is 0. The first-order valence-electron chi connectivity index (χ1n) is 7.08. The molecule has 0 spiro atoms. The van der Waals surface area contributed by atoms with Crippen LogP contribution in [-0.4, -0.2) is 12.6 Å². The van der Waals surface area contributed by atoms with E-state index in [0.717, 1.165) is 22.6 Å². The fourth-order valence-electron chi connectivity index (χ4n) is 1.99. The van der Waals surface area contributed by atoms with Crippen LogP contribution in [0.25, 0.3) is 0 Å². The number of amides is 2. The Kier molecular flexibility index (Phi) is 5.65. The number of carbonyl (C=O) groups excluding carboxylic acids is 1. The molecule has 0 saturated heterocycles. The monoisotopic (exact) mass is 342 g/mol. The van der Waals surface area contributed by atoms with Gasteiger partial charge in [0.1, 0.15) is 0 Å². The molecule has 0 aliphatic heterocycles. The predicted molar refractivity (Wildman–Crippen MR) is 84.4 cm³/mol. The number of rotatable bonds is 5. The van der Waals surface area contributed by atoms with Crippen molar-refractivity contribution in [1.29, 1.82) is 0 Å². The minimum absolute atomic E-state index is 0.289. The average molecular weight is 342 g/mol. The molecule has 0 atom stereocenters. The highest BCUT2D eigenvalue weighted by Crippen LogP contribution is 2.29. The van der Waals surface area contributed by atoms with Gasteiger partial charge in [-0.1, -0.05) is 12.1 Å². The number of aryl methyl sites for hydroxylation is 1. The fraction of sp³-hybridized carbons (Fsp3) is 0.312. The molecule has 0 bridgehead atoms. The topological polar surface area (TPSA) is 41.1 Å². The van der Waals surface area contributed by atoms with Crippen molar-refractivity contribution >= 4 is 17.4 Å². The van der Waals surface area contributed by atoms with E-state index in [1.165, 1.54) is 17.0 Å². The predicted octanol–water partition coefficient (Wildman–Crippen LogP) is 4.12. The van der Waals surface area contributed by atoms with Gasteiger partial charge in [0.05, 0.1) is 12.1 Å². The first kappa shape index (κ1) is 17.3. The molecule has 0 aliphatic carbocycles. The highest BCUT2D eigenvalue weighted by atomic mass is 32.1. The van der Waals surface area contributed by atoms with E-state index in [2.05, 4.69) is 10.6 Å². The molecule has 1 aromatic carbocycles. The molecule has 3 nitrogen and oxygen atoms in total. The van der Waals surface area contributed by atoms with Gasteiger partial charge in [-0.25, -0.2) is 4.79 Å². The molecule has 0 aliphatic rings. The van der Waals surface area contributed by atoms with E-state index in [1.54, 1.807) is 11.3 Å². The van der Waals surface area contributed by atoms with Crippen LogP contribution in [0.1, 0.15) is 20.9 Å². The van der Waals surface area contributed by atoms with Crippen LogP contribution in [0, 0.1) is 6.92 Å². The number of thiophene rings is 1. The quantitative estimate of drug-likeness (QED) is 0.843. The Hall–Kier alpha value is -2.02. The van der Waals surface area contributed by atoms with Gasteiger partial charge in [-0.2, -0.15) is 13.2 Å². The van der Waals surface area contributed by atoms with Gasteiger partial charge in [-0.3, -0.25) is 0 Å². The van der Waals surface area contributed by atoms with E-state index >= 15 is 0 Å². The smallest absolute Gasteiger partial charge is 0.338 e. The summed E-state index contributed by atoms with van der Waals surface area (Å²) < 4.78 is 37.3. The average Bonchev–Trinajstić information content (AvgIpc) is 2.90. The van der Waals surface area contributed by atoms with Crippen molar-refractivity contribution in [2.24, 2.45) is 0 Å². The van der Waals surface area contributed by atoms with Gasteiger partial charge in [0.15, 0.2) is 0 Å². The van der Waals surface area contributed by atoms with Gasteiger partial charge < -0.3 is 10.6 Å². The Balaban J connectivity index is 1.71. The molecular weight excluding hydrogens is 325 g/mol. The van der Waals surface area contributed by atoms with Crippen LogP contribution < -0.4 is 10.6 Å². The molecule has 2 N–H and O–H groups in total. The molecule has 0 radical (unpaired) electrons. The van der Waals surface area contributed by atoms with Crippen LogP contribution >= 0.6 is 11.3 Å². The van der Waals surface area contributed by atoms with E-state index in [1.807, 2.05) is 19.1 Å². The van der Waals surface area contributed by atoms with E-state index in [0.29, 0.717) is 19.5 Å². The third kappa shape index (κ3) is 5.59. The molecule has 0 fully saturated rings. The molecule has 0 unspecified atom stereocenters. The molecule has 1 heterocycles. The molecule has 124 valence electrons. The van der Waals surface area contributed by atoms with E-state index in [-0.39, 0.29) is 6.03 Å². The molecule has 2 amide bonds. The minimum Gasteiger partial charge on any atom is -0.338 e. The van der Waals surface area contributed by atoms with Gasteiger partial charge in [-0.15, -0.1) is 11.3 Å². The lowest BCUT2D eigenvalue weighted by Crippen LogP contribution is -2.36. The summed E-state index contributed by atoms with van der Waals surface area (Å²) in [4.78, 5) is 13.9. The van der Waals surface area contributed by atoms with E-state index in [4.69, 9.17) is 0 Å². The fourth-order valence-corrected chi connectivity index (χ4v) is 2.82. The minimum atomic E-state index is -4.32. The maximum atomic E-state index is 12.4. The number of alkyl halides is 3. The van der Waals surface area contributed by atoms with Gasteiger partial charge in [0.2, 0.25) is 0 Å². The first-order chi connectivity index (χ1) is 10.8. The van der Waals surface area contributed by atoms with Crippen LogP contribution in [0.4, 0.5) is 18.0 Å². The number of benzene rings is 1. The Morgan fingerprint density at radius 3 is 2.35 bits per heavy atom. The number of urea groups is 1. The van der Waals surface area contributed by atoms with Crippen LogP contribution in [0.15, 0.2) is 36.4 Å². The lowest BCUT2D eigenvalue weighted by atomic mass is 10.1. The molecule has 23 heavy (non-hydrogen) atoms. The second-order valence-electron chi connectivity index (χ2n) is 5.07. The highest BCUT2D eigenvalue weighted by Gasteiger charge is 2.29. The zero-order valence-corrected chi connectivity index (χ0v) is 13.4. The molecule has 7 heteroatoms. The summed E-state index contributed by atoms with van der Waals surface area (Å²) in [6, 6.07) is 8.62. The van der Waals surface area contributed by atoms with Gasteiger partial charge >= 0.3 is 12.2 Å². The van der Waals surface area contributed by atoms with Crippen LogP contribution in [0.2, 0.25) is 0 Å². The van der Waals surface area contributed by atoms with Crippen molar-refractivity contribution in [3.05, 3.63) is 57.3 Å². The third-order valence-corrected chi connectivity index (χ3v) is 4.20. The lowest BCUT2D eigenvalue weighted by molar-refractivity contribution is -0.137. The zero-order chi connectivity index (χ0) is 16.9. The summed E-state index contributed by atoms with van der Waals surface area (Å²) in [6.45, 7) is 2.82. The van der Waals surface area contributed by atoms with Gasteiger partial charge in [0, 0.05) is 16.3 Å². The Labute approximate surface area is 136 Å². The Morgan fingerprint density at radius 1 is 1.09 bits per heavy atom. The molecule has 0 saturated carbocycles.